The number of hydrogen-bond donors (Lipinski definition) is 0. The molecule has 9 heteroatoms. The maximum absolute atomic E-state index is 15.3. The number of anilines is 2. The van der Waals surface area contributed by atoms with Gasteiger partial charge in [0.15, 0.2) is 0 Å². The molecule has 2 aromatic heterocycles. The van der Waals surface area contributed by atoms with Gasteiger partial charge < -0.3 is 14.7 Å². The predicted molar refractivity (Wildman–Crippen MR) is 147 cm³/mol. The van der Waals surface area contributed by atoms with Crippen molar-refractivity contribution in [2.45, 2.75) is 32.7 Å². The number of nitriles is 1. The molecule has 1 atom stereocenters. The van der Waals surface area contributed by atoms with E-state index in [4.69, 9.17) is 4.98 Å². The van der Waals surface area contributed by atoms with Gasteiger partial charge in [0.1, 0.15) is 28.3 Å². The maximum Gasteiger partial charge on any atom is 0.245 e. The van der Waals surface area contributed by atoms with Gasteiger partial charge in [-0.25, -0.2) is 14.4 Å². The summed E-state index contributed by atoms with van der Waals surface area (Å²) in [5, 5.41) is 11.6. The number of aryl methyl sites for hydroxylation is 1. The Labute approximate surface area is 225 Å². The van der Waals surface area contributed by atoms with Gasteiger partial charge in [0.05, 0.1) is 22.9 Å². The van der Waals surface area contributed by atoms with E-state index in [2.05, 4.69) is 34.4 Å². The number of nitrogens with zero attached hydrogens (tertiary/aromatic N) is 6. The van der Waals surface area contributed by atoms with E-state index in [1.54, 1.807) is 23.5 Å². The van der Waals surface area contributed by atoms with Crippen LogP contribution in [0.25, 0.3) is 11.1 Å². The largest absolute Gasteiger partial charge is 0.355 e. The number of aromatic nitrogens is 2. The Balaban J connectivity index is 1.46. The van der Waals surface area contributed by atoms with Crippen LogP contribution in [0, 0.1) is 29.5 Å². The highest BCUT2D eigenvalue weighted by Gasteiger charge is 2.49. The van der Waals surface area contributed by atoms with Crippen LogP contribution in [0.3, 0.4) is 0 Å². The molecule has 5 heterocycles. The fourth-order valence-corrected chi connectivity index (χ4v) is 7.29. The van der Waals surface area contributed by atoms with Gasteiger partial charge in [-0.15, -0.1) is 11.3 Å². The zero-order valence-electron chi connectivity index (χ0n) is 21.6. The van der Waals surface area contributed by atoms with E-state index in [0.29, 0.717) is 48.6 Å². The van der Waals surface area contributed by atoms with Gasteiger partial charge in [-0.3, -0.25) is 4.79 Å². The van der Waals surface area contributed by atoms with E-state index in [1.165, 1.54) is 12.1 Å². The summed E-state index contributed by atoms with van der Waals surface area (Å²) >= 11 is 1.61. The molecule has 1 spiro atoms. The van der Waals surface area contributed by atoms with Crippen LogP contribution in [0.1, 0.15) is 41.9 Å². The molecule has 38 heavy (non-hydrogen) atoms. The van der Waals surface area contributed by atoms with Gasteiger partial charge in [-0.05, 0) is 44.4 Å². The van der Waals surface area contributed by atoms with Gasteiger partial charge in [-0.2, -0.15) is 5.26 Å². The number of thiazole rings is 1. The van der Waals surface area contributed by atoms with Crippen molar-refractivity contribution in [2.75, 3.05) is 42.5 Å². The monoisotopic (exact) mass is 528 g/mol. The van der Waals surface area contributed by atoms with Gasteiger partial charge >= 0.3 is 0 Å². The molecule has 6 rings (SSSR count). The van der Waals surface area contributed by atoms with Crippen molar-refractivity contribution in [3.63, 3.8) is 0 Å². The number of benzene rings is 1. The fraction of sp³-hybridized carbons (Fsp3) is 0.379. The van der Waals surface area contributed by atoms with Crippen molar-refractivity contribution < 1.29 is 9.18 Å². The van der Waals surface area contributed by atoms with E-state index >= 15 is 4.39 Å². The smallest absolute Gasteiger partial charge is 0.245 e. The van der Waals surface area contributed by atoms with Gasteiger partial charge in [0, 0.05) is 49.3 Å². The van der Waals surface area contributed by atoms with Crippen LogP contribution in [-0.4, -0.2) is 53.5 Å². The summed E-state index contributed by atoms with van der Waals surface area (Å²) in [5.74, 6) is 0.226. The molecule has 194 valence electrons. The Morgan fingerprint density at radius 2 is 2.08 bits per heavy atom. The minimum atomic E-state index is -0.341. The number of amides is 1. The zero-order chi connectivity index (χ0) is 26.6. The first-order valence-corrected chi connectivity index (χ1v) is 13.8. The van der Waals surface area contributed by atoms with Crippen molar-refractivity contribution in [1.29, 1.82) is 5.26 Å². The highest BCUT2D eigenvalue weighted by molar-refractivity contribution is 7.14. The summed E-state index contributed by atoms with van der Waals surface area (Å²) in [6.07, 6.45) is 2.93. The summed E-state index contributed by atoms with van der Waals surface area (Å²) in [6.45, 7) is 11.3. The quantitative estimate of drug-likeness (QED) is 0.450. The standard InChI is InChI=1S/C29H29FN6OS/c1-4-24(37)35-15-29(16-35)10-12-34(14-29)27-22(13-31)25(20-7-5-6-8-23(20)30)21-9-11-36(19(3)26(21)33-27)28-18(2)32-17-38-28/h4-8,17,19H,1,9-12,14-16H2,2-3H3/t19-/m0/s1. The zero-order valence-corrected chi connectivity index (χ0v) is 22.4. The third-order valence-electron chi connectivity index (χ3n) is 8.29. The lowest BCUT2D eigenvalue weighted by molar-refractivity contribution is -0.136. The summed E-state index contributed by atoms with van der Waals surface area (Å²) in [6, 6.07) is 9.05. The normalized spacial score (nSPS) is 19.7. The summed E-state index contributed by atoms with van der Waals surface area (Å²) in [7, 11) is 0. The van der Waals surface area contributed by atoms with Crippen LogP contribution >= 0.6 is 11.3 Å². The Morgan fingerprint density at radius 1 is 1.29 bits per heavy atom. The summed E-state index contributed by atoms with van der Waals surface area (Å²) < 4.78 is 15.3. The van der Waals surface area contributed by atoms with Crippen molar-refractivity contribution >= 4 is 28.1 Å². The molecule has 0 aliphatic carbocycles. The third-order valence-corrected chi connectivity index (χ3v) is 9.25. The lowest BCUT2D eigenvalue weighted by atomic mass is 9.79. The van der Waals surface area contributed by atoms with Crippen molar-refractivity contribution in [2.24, 2.45) is 5.41 Å². The number of fused-ring (bicyclic) bond motifs is 1. The molecular weight excluding hydrogens is 499 g/mol. The van der Waals surface area contributed by atoms with Crippen LogP contribution < -0.4 is 9.80 Å². The number of halogens is 1. The SMILES string of the molecule is C=CC(=O)N1CC2(CCN(c3nc4c(c(-c5ccccc5F)c3C#N)CCN(c3scnc3C)[C@H]4C)C2)C1. The number of carbonyl (C=O) groups is 1. The predicted octanol–water partition coefficient (Wildman–Crippen LogP) is 4.87. The molecule has 3 aromatic rings. The van der Waals surface area contributed by atoms with Gasteiger partial charge in [-0.1, -0.05) is 24.8 Å². The first-order valence-electron chi connectivity index (χ1n) is 12.9. The van der Waals surface area contributed by atoms with Crippen molar-refractivity contribution in [1.82, 2.24) is 14.9 Å². The van der Waals surface area contributed by atoms with Crippen LogP contribution in [0.4, 0.5) is 15.2 Å². The maximum atomic E-state index is 15.3. The molecule has 2 fully saturated rings. The topological polar surface area (TPSA) is 76.4 Å². The highest BCUT2D eigenvalue weighted by Crippen LogP contribution is 2.46. The molecule has 7 nitrogen and oxygen atoms in total. The lowest BCUT2D eigenvalue weighted by Crippen LogP contribution is -2.59. The van der Waals surface area contributed by atoms with E-state index in [9.17, 15) is 10.1 Å². The molecule has 2 saturated heterocycles. The molecule has 0 unspecified atom stereocenters. The number of hydrogen-bond acceptors (Lipinski definition) is 7. The number of rotatable bonds is 4. The summed E-state index contributed by atoms with van der Waals surface area (Å²) in [5.41, 5.74) is 6.19. The molecule has 0 N–H and O–H groups in total. The number of carbonyl (C=O) groups excluding carboxylic acids is 1. The molecule has 3 aliphatic heterocycles. The fourth-order valence-electron chi connectivity index (χ4n) is 6.37. The first kappa shape index (κ1) is 24.6. The average Bonchev–Trinajstić information content (AvgIpc) is 3.54. The average molecular weight is 529 g/mol. The Morgan fingerprint density at radius 3 is 2.76 bits per heavy atom. The minimum absolute atomic E-state index is 0.0153. The summed E-state index contributed by atoms with van der Waals surface area (Å²) in [4.78, 5) is 28.0. The Kier molecular flexibility index (Phi) is 5.95. The van der Waals surface area contributed by atoms with Gasteiger partial charge in [0.2, 0.25) is 5.91 Å². The number of pyridine rings is 1. The second-order valence-electron chi connectivity index (χ2n) is 10.6. The van der Waals surface area contributed by atoms with Crippen LogP contribution in [0.2, 0.25) is 0 Å². The second kappa shape index (κ2) is 9.21. The highest BCUT2D eigenvalue weighted by atomic mass is 32.1. The van der Waals surface area contributed by atoms with Crippen molar-refractivity contribution in [3.8, 4) is 17.2 Å². The Hall–Kier alpha value is -3.77. The van der Waals surface area contributed by atoms with E-state index in [1.807, 2.05) is 23.4 Å². The molecule has 0 radical (unpaired) electrons. The molecule has 0 bridgehead atoms. The molecule has 1 aromatic carbocycles. The van der Waals surface area contributed by atoms with Crippen LogP contribution in [0.15, 0.2) is 42.4 Å². The van der Waals surface area contributed by atoms with E-state index in [-0.39, 0.29) is 23.2 Å². The van der Waals surface area contributed by atoms with Gasteiger partial charge in [0.25, 0.3) is 0 Å². The molecule has 3 aliphatic rings. The van der Waals surface area contributed by atoms with E-state index < -0.39 is 0 Å². The van der Waals surface area contributed by atoms with E-state index in [0.717, 1.165) is 41.5 Å². The van der Waals surface area contributed by atoms with Crippen molar-refractivity contribution in [3.05, 3.63) is 70.8 Å². The second-order valence-corrected chi connectivity index (χ2v) is 11.4. The Bertz CT molecular complexity index is 1490. The molecular formula is C29H29FN6OS. The van der Waals surface area contributed by atoms with Crippen LogP contribution in [0.5, 0.6) is 0 Å². The first-order chi connectivity index (χ1) is 18.4. The molecule has 1 amide bonds. The lowest BCUT2D eigenvalue weighted by Gasteiger charge is -2.47. The molecule has 0 saturated carbocycles. The number of likely N-dealkylation sites (tertiary alicyclic amines) is 1. The third kappa shape index (κ3) is 3.78. The van der Waals surface area contributed by atoms with Crippen LogP contribution in [-0.2, 0) is 11.2 Å². The minimum Gasteiger partial charge on any atom is -0.355 e.